The van der Waals surface area contributed by atoms with Crippen molar-refractivity contribution in [2.45, 2.75) is 26.1 Å². The van der Waals surface area contributed by atoms with Crippen LogP contribution in [-0.4, -0.2) is 56.0 Å². The molecule has 2 heterocycles. The Morgan fingerprint density at radius 1 is 0.848 bits per heavy atom. The van der Waals surface area contributed by atoms with Crippen LogP contribution in [0.15, 0.2) is 60.7 Å². The predicted molar refractivity (Wildman–Crippen MR) is 120 cm³/mol. The molecule has 2 aliphatic heterocycles. The maximum Gasteiger partial charge on any atom is 0.324 e. The fourth-order valence-electron chi connectivity index (χ4n) is 5.25. The van der Waals surface area contributed by atoms with Gasteiger partial charge in [-0.15, -0.1) is 0 Å². The van der Waals surface area contributed by atoms with E-state index in [0.29, 0.717) is 11.1 Å². The molecule has 2 fully saturated rings. The molecule has 2 aromatic carbocycles. The van der Waals surface area contributed by atoms with E-state index in [1.165, 1.54) is 0 Å². The van der Waals surface area contributed by atoms with Crippen LogP contribution >= 0.6 is 0 Å². The molecule has 2 bridgehead atoms. The van der Waals surface area contributed by atoms with Crippen molar-refractivity contribution in [3.63, 3.8) is 0 Å². The van der Waals surface area contributed by atoms with Crippen molar-refractivity contribution in [2.24, 2.45) is 10.8 Å². The van der Waals surface area contributed by atoms with E-state index in [4.69, 9.17) is 14.2 Å². The lowest BCUT2D eigenvalue weighted by molar-refractivity contribution is -0.233. The number of carbonyl (C=O) groups excluding carboxylic acids is 3. The number of carbonyl (C=O) groups is 3. The van der Waals surface area contributed by atoms with Gasteiger partial charge in [-0.3, -0.25) is 14.4 Å². The van der Waals surface area contributed by atoms with Gasteiger partial charge in [0.1, 0.15) is 12.2 Å². The van der Waals surface area contributed by atoms with Crippen molar-refractivity contribution in [3.8, 4) is 0 Å². The minimum absolute atomic E-state index is 0.0763. The van der Waals surface area contributed by atoms with Gasteiger partial charge in [-0.25, -0.2) is 0 Å². The zero-order valence-electron chi connectivity index (χ0n) is 19.2. The van der Waals surface area contributed by atoms with Crippen LogP contribution in [0.4, 0.5) is 0 Å². The molecule has 0 radical (unpaired) electrons. The van der Waals surface area contributed by atoms with Gasteiger partial charge in [0.2, 0.25) is 0 Å². The number of hydrogen-bond acceptors (Lipinski definition) is 7. The fourth-order valence-corrected chi connectivity index (χ4v) is 5.25. The van der Waals surface area contributed by atoms with Crippen LogP contribution in [0.3, 0.4) is 0 Å². The van der Waals surface area contributed by atoms with Gasteiger partial charge in [-0.05, 0) is 32.0 Å². The van der Waals surface area contributed by atoms with Crippen LogP contribution in [-0.2, 0) is 28.6 Å². The summed E-state index contributed by atoms with van der Waals surface area (Å²) < 4.78 is 17.5. The maximum atomic E-state index is 14.5. The summed E-state index contributed by atoms with van der Waals surface area (Å²) in [6.45, 7) is 3.75. The molecule has 2 aliphatic rings. The highest BCUT2D eigenvalue weighted by Gasteiger charge is 2.73. The third-order valence-corrected chi connectivity index (χ3v) is 6.50. The van der Waals surface area contributed by atoms with Crippen molar-refractivity contribution in [1.82, 2.24) is 4.90 Å². The fraction of sp³-hybridized carbons (Fsp3) is 0.423. The van der Waals surface area contributed by atoms with E-state index in [1.807, 2.05) is 65.6 Å². The van der Waals surface area contributed by atoms with Gasteiger partial charge >= 0.3 is 11.9 Å². The van der Waals surface area contributed by atoms with Gasteiger partial charge < -0.3 is 19.1 Å². The Hall–Kier alpha value is -3.03. The lowest BCUT2D eigenvalue weighted by Gasteiger charge is -2.56. The van der Waals surface area contributed by atoms with Gasteiger partial charge in [0.15, 0.2) is 16.6 Å². The molecule has 0 aliphatic carbocycles. The Balaban J connectivity index is 1.99. The Morgan fingerprint density at radius 3 is 1.61 bits per heavy atom. The highest BCUT2D eigenvalue weighted by molar-refractivity contribution is 6.17. The monoisotopic (exact) mass is 451 g/mol. The number of likely N-dealkylation sites (tertiary alicyclic amines) is 1. The summed E-state index contributed by atoms with van der Waals surface area (Å²) in [5.74, 6) is -1.87. The first kappa shape index (κ1) is 23.1. The Bertz CT molecular complexity index is 946. The normalized spacial score (nSPS) is 29.4. The summed E-state index contributed by atoms with van der Waals surface area (Å²) in [7, 11) is 1.80. The summed E-state index contributed by atoms with van der Waals surface area (Å²) >= 11 is 0. The highest BCUT2D eigenvalue weighted by atomic mass is 16.6. The number of fused-ring (bicyclic) bond motifs is 2. The molecule has 33 heavy (non-hydrogen) atoms. The minimum Gasteiger partial charge on any atom is -0.465 e. The van der Waals surface area contributed by atoms with Gasteiger partial charge in [0, 0.05) is 13.1 Å². The van der Waals surface area contributed by atoms with Crippen LogP contribution in [0.5, 0.6) is 0 Å². The number of rotatable bonds is 6. The predicted octanol–water partition coefficient (Wildman–Crippen LogP) is 3.11. The molecule has 4 atom stereocenters. The first-order valence-corrected chi connectivity index (χ1v) is 11.2. The lowest BCUT2D eigenvalue weighted by atomic mass is 9.57. The zero-order chi connectivity index (χ0) is 23.6. The van der Waals surface area contributed by atoms with E-state index >= 15 is 0 Å². The third kappa shape index (κ3) is 3.56. The molecule has 4 rings (SSSR count). The molecule has 0 saturated carbocycles. The standard InChI is InChI=1S/C26H29NO6/c1-4-31-23(29)25-16-27(3)17-26(22(25)28,24(30)32-5-2)21(19-14-10-7-11-15-19)33-20(25)18-12-8-6-9-13-18/h6-15,20-21H,4-5,16-17H2,1-3H3. The highest BCUT2D eigenvalue weighted by Crippen LogP contribution is 2.59. The van der Waals surface area contributed by atoms with Crippen molar-refractivity contribution >= 4 is 17.7 Å². The molecule has 0 amide bonds. The van der Waals surface area contributed by atoms with Crippen molar-refractivity contribution in [2.75, 3.05) is 33.4 Å². The molecular weight excluding hydrogens is 422 g/mol. The lowest BCUT2D eigenvalue weighted by Crippen LogP contribution is -2.72. The van der Waals surface area contributed by atoms with Crippen LogP contribution in [0.25, 0.3) is 0 Å². The number of ketones is 1. The number of esters is 2. The second-order valence-electron chi connectivity index (χ2n) is 8.60. The number of Topliss-reactive ketones (excluding diaryl/α,β-unsaturated/α-hetero) is 1. The van der Waals surface area contributed by atoms with E-state index in [2.05, 4.69) is 0 Å². The molecule has 174 valence electrons. The number of piperidine rings is 1. The van der Waals surface area contributed by atoms with Gasteiger partial charge in [-0.2, -0.15) is 0 Å². The smallest absolute Gasteiger partial charge is 0.324 e. The molecule has 7 nitrogen and oxygen atoms in total. The topological polar surface area (TPSA) is 82.1 Å². The van der Waals surface area contributed by atoms with Crippen molar-refractivity contribution < 1.29 is 28.6 Å². The maximum absolute atomic E-state index is 14.5. The van der Waals surface area contributed by atoms with Gasteiger partial charge in [0.05, 0.1) is 13.2 Å². The van der Waals surface area contributed by atoms with Crippen LogP contribution < -0.4 is 0 Å². The van der Waals surface area contributed by atoms with Crippen LogP contribution in [0.2, 0.25) is 0 Å². The summed E-state index contributed by atoms with van der Waals surface area (Å²) in [6.07, 6.45) is -1.86. The quantitative estimate of drug-likeness (QED) is 0.493. The summed E-state index contributed by atoms with van der Waals surface area (Å²) in [6, 6.07) is 18.3. The van der Waals surface area contributed by atoms with Gasteiger partial charge in [0.25, 0.3) is 0 Å². The Kier molecular flexibility index (Phi) is 6.36. The molecular formula is C26H29NO6. The average Bonchev–Trinajstić information content (AvgIpc) is 2.82. The van der Waals surface area contributed by atoms with E-state index in [1.54, 1.807) is 20.9 Å². The number of ether oxygens (including phenoxy) is 3. The average molecular weight is 452 g/mol. The molecule has 2 aromatic rings. The second-order valence-corrected chi connectivity index (χ2v) is 8.60. The summed E-state index contributed by atoms with van der Waals surface area (Å²) in [5, 5.41) is 0. The summed E-state index contributed by atoms with van der Waals surface area (Å²) in [5.41, 5.74) is -2.06. The Labute approximate surface area is 193 Å². The van der Waals surface area contributed by atoms with E-state index in [0.717, 1.165) is 0 Å². The van der Waals surface area contributed by atoms with Gasteiger partial charge in [-0.1, -0.05) is 60.7 Å². The van der Waals surface area contributed by atoms with E-state index in [9.17, 15) is 14.4 Å². The van der Waals surface area contributed by atoms with Crippen molar-refractivity contribution in [1.29, 1.82) is 0 Å². The first-order chi connectivity index (χ1) is 15.9. The molecule has 0 aromatic heterocycles. The largest absolute Gasteiger partial charge is 0.465 e. The third-order valence-electron chi connectivity index (χ3n) is 6.50. The molecule has 2 saturated heterocycles. The Morgan fingerprint density at radius 2 is 1.24 bits per heavy atom. The molecule has 0 N–H and O–H groups in total. The van der Waals surface area contributed by atoms with E-state index in [-0.39, 0.29) is 26.3 Å². The first-order valence-electron chi connectivity index (χ1n) is 11.2. The SMILES string of the molecule is CCOC(=O)C12CN(C)CC(C(=O)OCC)(C1=O)C(c1ccccc1)OC2c1ccccc1. The van der Waals surface area contributed by atoms with E-state index < -0.39 is 40.8 Å². The number of benzene rings is 2. The number of nitrogens with zero attached hydrogens (tertiary/aromatic N) is 1. The zero-order valence-corrected chi connectivity index (χ0v) is 19.2. The summed E-state index contributed by atoms with van der Waals surface area (Å²) in [4.78, 5) is 43.4. The molecule has 4 unspecified atom stereocenters. The second kappa shape index (κ2) is 9.08. The van der Waals surface area contributed by atoms with Crippen LogP contribution in [0.1, 0.15) is 37.2 Å². The molecule has 7 heteroatoms. The number of hydrogen-bond donors (Lipinski definition) is 0. The van der Waals surface area contributed by atoms with Crippen molar-refractivity contribution in [3.05, 3.63) is 71.8 Å². The van der Waals surface area contributed by atoms with Crippen LogP contribution in [0, 0.1) is 10.8 Å². The molecule has 0 spiro atoms. The minimum atomic E-state index is -1.71.